The van der Waals surface area contributed by atoms with Crippen LogP contribution in [0.3, 0.4) is 0 Å². The molecule has 116 valence electrons. The van der Waals surface area contributed by atoms with Crippen molar-refractivity contribution in [2.45, 2.75) is 65.7 Å². The maximum atomic E-state index is 13.0. The van der Waals surface area contributed by atoms with Gasteiger partial charge in [0.1, 0.15) is 6.17 Å². The minimum Gasteiger partial charge on any atom is -0.318 e. The van der Waals surface area contributed by atoms with Gasteiger partial charge >= 0.3 is 0 Å². The van der Waals surface area contributed by atoms with Gasteiger partial charge in [-0.3, -0.25) is 10.1 Å². The maximum absolute atomic E-state index is 13.0. The van der Waals surface area contributed by atoms with Gasteiger partial charge in [-0.05, 0) is 44.2 Å². The first kappa shape index (κ1) is 16.0. The SMILES string of the molecule is CCC1(C)NC(c2ccccc2C)N(C(C)C(C)C)C1=O. The Balaban J connectivity index is 2.47. The minimum absolute atomic E-state index is 0.0268. The van der Waals surface area contributed by atoms with Gasteiger partial charge in [-0.25, -0.2) is 0 Å². The third-order valence-corrected chi connectivity index (χ3v) is 5.03. The molecule has 1 aliphatic heterocycles. The number of aryl methyl sites for hydroxylation is 1. The predicted molar refractivity (Wildman–Crippen MR) is 86.9 cm³/mol. The second-order valence-electron chi connectivity index (χ2n) is 6.79. The fourth-order valence-electron chi connectivity index (χ4n) is 2.95. The maximum Gasteiger partial charge on any atom is 0.244 e. The van der Waals surface area contributed by atoms with Gasteiger partial charge in [0.05, 0.1) is 5.54 Å². The number of benzene rings is 1. The molecule has 1 fully saturated rings. The van der Waals surface area contributed by atoms with Crippen LogP contribution in [0.25, 0.3) is 0 Å². The van der Waals surface area contributed by atoms with Crippen molar-refractivity contribution >= 4 is 5.91 Å². The number of nitrogens with zero attached hydrogens (tertiary/aromatic N) is 1. The fourth-order valence-corrected chi connectivity index (χ4v) is 2.95. The molecule has 1 aromatic rings. The van der Waals surface area contributed by atoms with E-state index in [4.69, 9.17) is 0 Å². The summed E-state index contributed by atoms with van der Waals surface area (Å²) >= 11 is 0. The molecule has 1 N–H and O–H groups in total. The number of carbonyl (C=O) groups is 1. The van der Waals surface area contributed by atoms with Crippen molar-refractivity contribution in [2.75, 3.05) is 0 Å². The highest BCUT2D eigenvalue weighted by atomic mass is 16.2. The Morgan fingerprint density at radius 1 is 1.29 bits per heavy atom. The summed E-state index contributed by atoms with van der Waals surface area (Å²) in [6.45, 7) is 12.7. The number of amides is 1. The molecule has 1 aromatic carbocycles. The third kappa shape index (κ3) is 2.71. The first-order chi connectivity index (χ1) is 9.81. The molecule has 3 unspecified atom stereocenters. The van der Waals surface area contributed by atoms with E-state index in [1.165, 1.54) is 11.1 Å². The summed E-state index contributed by atoms with van der Waals surface area (Å²) in [5.74, 6) is 0.654. The van der Waals surface area contributed by atoms with Crippen LogP contribution in [0.15, 0.2) is 24.3 Å². The van der Waals surface area contributed by atoms with E-state index >= 15 is 0 Å². The van der Waals surface area contributed by atoms with E-state index in [1.807, 2.05) is 19.1 Å². The molecule has 2 rings (SSSR count). The summed E-state index contributed by atoms with van der Waals surface area (Å²) in [5.41, 5.74) is 1.97. The Kier molecular flexibility index (Phi) is 4.43. The van der Waals surface area contributed by atoms with E-state index in [-0.39, 0.29) is 18.1 Å². The molecule has 1 aliphatic rings. The van der Waals surface area contributed by atoms with Gasteiger partial charge in [-0.1, -0.05) is 45.0 Å². The predicted octanol–water partition coefficient (Wildman–Crippen LogP) is 3.64. The monoisotopic (exact) mass is 288 g/mol. The van der Waals surface area contributed by atoms with Crippen LogP contribution in [0.2, 0.25) is 0 Å². The zero-order valence-electron chi connectivity index (χ0n) is 14.1. The van der Waals surface area contributed by atoms with Crippen LogP contribution in [0.4, 0.5) is 0 Å². The van der Waals surface area contributed by atoms with Crippen molar-refractivity contribution in [3.05, 3.63) is 35.4 Å². The molecule has 1 heterocycles. The van der Waals surface area contributed by atoms with Crippen molar-refractivity contribution in [3.63, 3.8) is 0 Å². The van der Waals surface area contributed by atoms with E-state index in [0.29, 0.717) is 5.92 Å². The molecular weight excluding hydrogens is 260 g/mol. The lowest BCUT2D eigenvalue weighted by atomic mass is 9.97. The first-order valence-corrected chi connectivity index (χ1v) is 7.97. The molecule has 0 spiro atoms. The molecule has 3 heteroatoms. The van der Waals surface area contributed by atoms with E-state index in [1.54, 1.807) is 0 Å². The van der Waals surface area contributed by atoms with Gasteiger partial charge in [0.25, 0.3) is 0 Å². The van der Waals surface area contributed by atoms with Crippen molar-refractivity contribution in [1.82, 2.24) is 10.2 Å². The number of rotatable bonds is 4. The van der Waals surface area contributed by atoms with Crippen molar-refractivity contribution in [3.8, 4) is 0 Å². The molecule has 1 amide bonds. The lowest BCUT2D eigenvalue weighted by Gasteiger charge is -2.33. The number of hydrogen-bond acceptors (Lipinski definition) is 2. The highest BCUT2D eigenvalue weighted by molar-refractivity contribution is 5.89. The van der Waals surface area contributed by atoms with Crippen LogP contribution in [-0.4, -0.2) is 22.4 Å². The van der Waals surface area contributed by atoms with E-state index in [9.17, 15) is 4.79 Å². The van der Waals surface area contributed by atoms with E-state index in [2.05, 4.69) is 57.0 Å². The molecule has 0 radical (unpaired) electrons. The van der Waals surface area contributed by atoms with Crippen molar-refractivity contribution in [2.24, 2.45) is 5.92 Å². The van der Waals surface area contributed by atoms with Gasteiger partial charge in [-0.2, -0.15) is 0 Å². The molecular formula is C18H28N2O. The number of hydrogen-bond donors (Lipinski definition) is 1. The lowest BCUT2D eigenvalue weighted by Crippen LogP contribution is -2.45. The van der Waals surface area contributed by atoms with Crippen LogP contribution in [0.5, 0.6) is 0 Å². The van der Waals surface area contributed by atoms with E-state index in [0.717, 1.165) is 6.42 Å². The second-order valence-corrected chi connectivity index (χ2v) is 6.79. The molecule has 21 heavy (non-hydrogen) atoms. The molecule has 0 saturated carbocycles. The summed E-state index contributed by atoms with van der Waals surface area (Å²) < 4.78 is 0. The number of carbonyl (C=O) groups excluding carboxylic acids is 1. The van der Waals surface area contributed by atoms with Gasteiger partial charge in [0.2, 0.25) is 5.91 Å². The van der Waals surface area contributed by atoms with Crippen molar-refractivity contribution in [1.29, 1.82) is 0 Å². The van der Waals surface area contributed by atoms with Gasteiger partial charge in [0, 0.05) is 6.04 Å². The largest absolute Gasteiger partial charge is 0.318 e. The number of nitrogens with one attached hydrogen (secondary N) is 1. The summed E-state index contributed by atoms with van der Waals surface area (Å²) in [5, 5.41) is 3.59. The lowest BCUT2D eigenvalue weighted by molar-refractivity contribution is -0.135. The first-order valence-electron chi connectivity index (χ1n) is 7.97. The van der Waals surface area contributed by atoms with Crippen molar-refractivity contribution < 1.29 is 4.79 Å². The molecule has 0 aromatic heterocycles. The zero-order valence-corrected chi connectivity index (χ0v) is 14.1. The molecule has 1 saturated heterocycles. The highest BCUT2D eigenvalue weighted by Gasteiger charge is 2.49. The van der Waals surface area contributed by atoms with Crippen LogP contribution in [0, 0.1) is 12.8 Å². The Bertz CT molecular complexity index is 526. The summed E-state index contributed by atoms with van der Waals surface area (Å²) in [7, 11) is 0. The Labute approximate surface area is 128 Å². The molecule has 3 atom stereocenters. The minimum atomic E-state index is -0.462. The molecule has 0 bridgehead atoms. The fraction of sp³-hybridized carbons (Fsp3) is 0.611. The van der Waals surface area contributed by atoms with E-state index < -0.39 is 5.54 Å². The van der Waals surface area contributed by atoms with Crippen LogP contribution >= 0.6 is 0 Å². The van der Waals surface area contributed by atoms with Gasteiger partial charge in [-0.15, -0.1) is 0 Å². The second kappa shape index (κ2) is 5.80. The third-order valence-electron chi connectivity index (χ3n) is 5.03. The van der Waals surface area contributed by atoms with Gasteiger partial charge < -0.3 is 4.90 Å². The summed E-state index contributed by atoms with van der Waals surface area (Å²) in [6, 6.07) is 8.55. The smallest absolute Gasteiger partial charge is 0.244 e. The summed E-state index contributed by atoms with van der Waals surface area (Å²) in [6.07, 6.45) is 0.774. The van der Waals surface area contributed by atoms with Gasteiger partial charge in [0.15, 0.2) is 0 Å². The quantitative estimate of drug-likeness (QED) is 0.917. The topological polar surface area (TPSA) is 32.3 Å². The molecule has 3 nitrogen and oxygen atoms in total. The Morgan fingerprint density at radius 2 is 1.90 bits per heavy atom. The van der Waals surface area contributed by atoms with Crippen LogP contribution in [-0.2, 0) is 4.79 Å². The van der Waals surface area contributed by atoms with Crippen LogP contribution < -0.4 is 5.32 Å². The zero-order chi connectivity index (χ0) is 15.8. The average molecular weight is 288 g/mol. The standard InChI is InChI=1S/C18H28N2O/c1-7-18(6)17(21)20(14(5)12(2)3)16(19-18)15-11-9-8-10-13(15)4/h8-12,14,16,19H,7H2,1-6H3. The normalized spacial score (nSPS) is 27.5. The van der Waals surface area contributed by atoms with Crippen LogP contribution in [0.1, 0.15) is 58.3 Å². The average Bonchev–Trinajstić information content (AvgIpc) is 2.71. The summed E-state index contributed by atoms with van der Waals surface area (Å²) in [4.78, 5) is 15.0. The molecule has 0 aliphatic carbocycles. The Hall–Kier alpha value is -1.35. The Morgan fingerprint density at radius 3 is 2.43 bits per heavy atom. The highest BCUT2D eigenvalue weighted by Crippen LogP contribution is 2.36.